The van der Waals surface area contributed by atoms with Crippen LogP contribution >= 0.6 is 11.8 Å². The second kappa shape index (κ2) is 23.3. The van der Waals surface area contributed by atoms with Crippen LogP contribution in [-0.2, 0) is 59.6 Å². The lowest BCUT2D eigenvalue weighted by molar-refractivity contribution is 0.482. The van der Waals surface area contributed by atoms with Crippen LogP contribution in [0.3, 0.4) is 0 Å². The third-order valence-electron chi connectivity index (χ3n) is 15.0. The average molecular weight is 1310 g/mol. The molecule has 0 unspecified atom stereocenters. The van der Waals surface area contributed by atoms with Gasteiger partial charge in [-0.05, 0) is 139 Å². The van der Waals surface area contributed by atoms with E-state index in [0.717, 1.165) is 53.9 Å². The molecule has 14 aromatic carbocycles. The monoisotopic (exact) mass is 1310 g/mol. The molecule has 21 heteroatoms. The first kappa shape index (κ1) is 60.4. The molecule has 0 saturated carbocycles. The number of hydrogen-bond donors (Lipinski definition) is 2. The standard InChI is InChI=1S/C36H26O8S5.2C16H10O3S/c37-46(38,27-15-5-1-6-16-27)33-25-13-23-31(35(33)48(41,42)29-19-9-3-10-20-29)45-32-24-14-26-34(47(39,40)28-17-7-2-8-18-28)36(32)49(43,44)30-21-11-4-12-22-30;2*17-20(18,19)14-9-7-12-5-4-10-2-1-3-11-6-8-13(14)16(12)15(10)11/h1-26H;2*1-9H,(H,17,18,19). The van der Waals surface area contributed by atoms with E-state index in [1.54, 1.807) is 48.5 Å². The highest BCUT2D eigenvalue weighted by atomic mass is 32.2. The van der Waals surface area contributed by atoms with E-state index in [2.05, 4.69) is 0 Å². The summed E-state index contributed by atoms with van der Waals surface area (Å²) in [7, 11) is -26.4. The summed E-state index contributed by atoms with van der Waals surface area (Å²) in [5.74, 6) is 0. The summed E-state index contributed by atoms with van der Waals surface area (Å²) in [5.41, 5.74) is 0. The molecule has 0 saturated heterocycles. The van der Waals surface area contributed by atoms with Gasteiger partial charge < -0.3 is 0 Å². The molecule has 0 aliphatic rings. The Kier molecular flexibility index (Phi) is 15.8. The van der Waals surface area contributed by atoms with Crippen LogP contribution in [0.15, 0.2) is 326 Å². The van der Waals surface area contributed by atoms with Crippen molar-refractivity contribution >= 4 is 136 Å². The van der Waals surface area contributed by atoms with Crippen LogP contribution in [0, 0.1) is 0 Å². The van der Waals surface area contributed by atoms with Gasteiger partial charge in [0.05, 0.1) is 29.4 Å². The fraction of sp³-hybridized carbons (Fsp3) is 0. The predicted molar refractivity (Wildman–Crippen MR) is 345 cm³/mol. The highest BCUT2D eigenvalue weighted by molar-refractivity contribution is 8.01. The quantitative estimate of drug-likeness (QED) is 0.0853. The lowest BCUT2D eigenvalue weighted by atomic mass is 9.94. The molecule has 14 rings (SSSR count). The Balaban J connectivity index is 0.000000155. The molecule has 0 aliphatic heterocycles. The molecule has 0 heterocycles. The van der Waals surface area contributed by atoms with E-state index < -0.39 is 79.2 Å². The molecule has 0 atom stereocenters. The number of hydrogen-bond acceptors (Lipinski definition) is 13. The summed E-state index contributed by atoms with van der Waals surface area (Å²) >= 11 is 0.648. The Bertz CT molecular complexity index is 5410. The molecular formula is C68H46O14S7. The molecule has 14 aromatic rings. The van der Waals surface area contributed by atoms with Gasteiger partial charge >= 0.3 is 0 Å². The van der Waals surface area contributed by atoms with E-state index in [0.29, 0.717) is 22.5 Å². The molecule has 0 aromatic heterocycles. The zero-order valence-corrected chi connectivity index (χ0v) is 51.8. The summed E-state index contributed by atoms with van der Waals surface area (Å²) in [6.07, 6.45) is 0. The van der Waals surface area contributed by atoms with Crippen LogP contribution in [-0.4, -0.2) is 59.6 Å². The van der Waals surface area contributed by atoms with Gasteiger partial charge in [0.15, 0.2) is 0 Å². The van der Waals surface area contributed by atoms with Gasteiger partial charge in [-0.1, -0.05) is 194 Å². The van der Waals surface area contributed by atoms with Gasteiger partial charge in [0.1, 0.15) is 19.6 Å². The highest BCUT2D eigenvalue weighted by Crippen LogP contribution is 2.46. The maximum Gasteiger partial charge on any atom is 0.295 e. The zero-order valence-electron chi connectivity index (χ0n) is 46.1. The minimum atomic E-state index is -4.56. The predicted octanol–water partition coefficient (Wildman–Crippen LogP) is 14.8. The van der Waals surface area contributed by atoms with Crippen LogP contribution in [0.5, 0.6) is 0 Å². The van der Waals surface area contributed by atoms with Crippen molar-refractivity contribution in [3.8, 4) is 0 Å². The van der Waals surface area contributed by atoms with Crippen molar-refractivity contribution in [2.75, 3.05) is 0 Å². The normalized spacial score (nSPS) is 12.5. The fourth-order valence-corrected chi connectivity index (χ4v) is 21.2. The van der Waals surface area contributed by atoms with Gasteiger partial charge in [-0.15, -0.1) is 0 Å². The van der Waals surface area contributed by atoms with Crippen molar-refractivity contribution in [1.82, 2.24) is 0 Å². The number of rotatable bonds is 12. The molecule has 0 bridgehead atoms. The van der Waals surface area contributed by atoms with Crippen LogP contribution in [0.25, 0.3) is 64.6 Å². The van der Waals surface area contributed by atoms with Gasteiger partial charge in [0, 0.05) is 20.6 Å². The van der Waals surface area contributed by atoms with Crippen molar-refractivity contribution in [2.24, 2.45) is 0 Å². The van der Waals surface area contributed by atoms with Crippen molar-refractivity contribution < 1.29 is 59.6 Å². The molecular weight excluding hydrogens is 1270 g/mol. The SMILES string of the molecule is O=S(=O)(O)c1ccc2ccc3cccc4ccc1c2c34.O=S(=O)(O)c1ccc2ccc3cccc4ccc1c2c34.O=S(=O)(c1ccccc1)c1cccc(Sc2cccc(S(=O)(=O)c3ccccc3)c2S(=O)(=O)c2ccccc2)c1S(=O)(=O)c1ccccc1. The first-order valence-electron chi connectivity index (χ1n) is 26.9. The second-order valence-corrected chi connectivity index (χ2v) is 31.8. The smallest absolute Gasteiger partial charge is 0.282 e. The lowest BCUT2D eigenvalue weighted by Gasteiger charge is -2.19. The maximum atomic E-state index is 14.4. The molecule has 0 fully saturated rings. The van der Waals surface area contributed by atoms with Crippen molar-refractivity contribution in [1.29, 1.82) is 0 Å². The third-order valence-corrected chi connectivity index (χ3v) is 25.8. The van der Waals surface area contributed by atoms with E-state index in [-0.39, 0.29) is 39.2 Å². The van der Waals surface area contributed by atoms with Crippen LogP contribution in [0.1, 0.15) is 0 Å². The molecule has 444 valence electrons. The van der Waals surface area contributed by atoms with E-state index in [9.17, 15) is 59.6 Å². The van der Waals surface area contributed by atoms with Crippen molar-refractivity contribution in [3.05, 3.63) is 267 Å². The Hall–Kier alpha value is -8.87. The molecule has 0 spiro atoms. The Labute approximate surface area is 517 Å². The molecule has 2 N–H and O–H groups in total. The van der Waals surface area contributed by atoms with E-state index in [1.807, 2.05) is 72.8 Å². The summed E-state index contributed by atoms with van der Waals surface area (Å²) in [4.78, 5) is -3.19. The first-order chi connectivity index (χ1) is 42.5. The molecule has 89 heavy (non-hydrogen) atoms. The maximum absolute atomic E-state index is 14.4. The van der Waals surface area contributed by atoms with E-state index >= 15 is 0 Å². The molecule has 0 aliphatic carbocycles. The lowest BCUT2D eigenvalue weighted by Crippen LogP contribution is -2.13. The van der Waals surface area contributed by atoms with Crippen LogP contribution < -0.4 is 0 Å². The van der Waals surface area contributed by atoms with Crippen molar-refractivity contribution in [2.45, 2.75) is 58.7 Å². The number of sulfone groups is 4. The minimum Gasteiger partial charge on any atom is -0.282 e. The molecule has 0 radical (unpaired) electrons. The van der Waals surface area contributed by atoms with E-state index in [4.69, 9.17) is 0 Å². The third kappa shape index (κ3) is 11.2. The largest absolute Gasteiger partial charge is 0.295 e. The van der Waals surface area contributed by atoms with Gasteiger partial charge in [-0.3, -0.25) is 9.11 Å². The number of benzene rings is 14. The molecule has 14 nitrogen and oxygen atoms in total. The topological polar surface area (TPSA) is 245 Å². The zero-order chi connectivity index (χ0) is 62.7. The first-order valence-corrected chi connectivity index (χ1v) is 36.5. The Morgan fingerprint density at radius 1 is 0.225 bits per heavy atom. The van der Waals surface area contributed by atoms with Crippen LogP contribution in [0.4, 0.5) is 0 Å². The highest BCUT2D eigenvalue weighted by Gasteiger charge is 2.36. The fourth-order valence-electron chi connectivity index (χ4n) is 11.0. The van der Waals surface area contributed by atoms with E-state index in [1.165, 1.54) is 146 Å². The van der Waals surface area contributed by atoms with Gasteiger partial charge in [-0.25, -0.2) is 33.7 Å². The van der Waals surface area contributed by atoms with Crippen molar-refractivity contribution in [3.63, 3.8) is 0 Å². The van der Waals surface area contributed by atoms with Gasteiger partial charge in [-0.2, -0.15) is 16.8 Å². The van der Waals surface area contributed by atoms with Crippen LogP contribution in [0.2, 0.25) is 0 Å². The van der Waals surface area contributed by atoms with Gasteiger partial charge in [0.25, 0.3) is 20.2 Å². The summed E-state index contributed by atoms with van der Waals surface area (Å²) in [6, 6.07) is 70.6. The summed E-state index contributed by atoms with van der Waals surface area (Å²) < 4.78 is 179. The second-order valence-electron chi connectivity index (χ2n) is 20.3. The average Bonchev–Trinajstić information content (AvgIpc) is 0.928. The Morgan fingerprint density at radius 2 is 0.483 bits per heavy atom. The summed E-state index contributed by atoms with van der Waals surface area (Å²) in [5, 5.41) is 11.2. The minimum absolute atomic E-state index is 0.0387. The van der Waals surface area contributed by atoms with Gasteiger partial charge in [0.2, 0.25) is 39.3 Å². The molecule has 0 amide bonds. The summed E-state index contributed by atoms with van der Waals surface area (Å²) in [6.45, 7) is 0. The Morgan fingerprint density at radius 3 is 0.787 bits per heavy atom.